The first-order valence-electron chi connectivity index (χ1n) is 5.22. The summed E-state index contributed by atoms with van der Waals surface area (Å²) in [5, 5.41) is 0. The Kier molecular flexibility index (Phi) is 8.52. The van der Waals surface area contributed by atoms with E-state index in [-0.39, 0.29) is 0 Å². The second-order valence-corrected chi connectivity index (χ2v) is 4.21. The third kappa shape index (κ3) is 8.51. The molecule has 0 heterocycles. The number of hydrogen-bond donors (Lipinski definition) is 0. The zero-order chi connectivity index (χ0) is 11.7. The molecule has 0 bridgehead atoms. The molecule has 0 saturated carbocycles. The van der Waals surface area contributed by atoms with Crippen molar-refractivity contribution in [2.24, 2.45) is 0 Å². The molecule has 0 rings (SSSR count). The number of carbonyl (C=O) groups excluding carboxylic acids is 1. The Morgan fingerprint density at radius 3 is 2.67 bits per heavy atom. The average Bonchev–Trinajstić information content (AvgIpc) is 2.17. The van der Waals surface area contributed by atoms with Crippen molar-refractivity contribution in [2.45, 2.75) is 46.3 Å². The van der Waals surface area contributed by atoms with Gasteiger partial charge in [0.25, 0.3) is 0 Å². The van der Waals surface area contributed by atoms with Gasteiger partial charge in [-0.05, 0) is 32.3 Å². The molecule has 0 saturated heterocycles. The number of esters is 1. The van der Waals surface area contributed by atoms with Crippen LogP contribution in [0.5, 0.6) is 0 Å². The van der Waals surface area contributed by atoms with Crippen LogP contribution in [0.15, 0.2) is 12.2 Å². The second kappa shape index (κ2) is 8.80. The highest BCUT2D eigenvalue weighted by atomic mass is 32.2. The second-order valence-electron chi connectivity index (χ2n) is 3.38. The molecule has 0 aliphatic heterocycles. The zero-order valence-electron chi connectivity index (χ0n) is 9.75. The van der Waals surface area contributed by atoms with Crippen molar-refractivity contribution in [3.05, 3.63) is 12.2 Å². The van der Waals surface area contributed by atoms with Crippen molar-refractivity contribution in [3.63, 3.8) is 0 Å². The molecule has 0 aromatic rings. The van der Waals surface area contributed by atoms with Crippen molar-refractivity contribution >= 4 is 18.0 Å². The van der Waals surface area contributed by atoms with Gasteiger partial charge in [-0.15, -0.1) is 0 Å². The molecule has 0 N–H and O–H groups in total. The molecule has 0 radical (unpaired) electrons. The maximum atomic E-state index is 11.1. The molecule has 4 heteroatoms. The van der Waals surface area contributed by atoms with Gasteiger partial charge in [0.05, 0.1) is 0 Å². The average molecular weight is 232 g/mol. The molecule has 0 amide bonds. The molecule has 1 atom stereocenters. The third-order valence-electron chi connectivity index (χ3n) is 1.66. The fraction of sp³-hybridized carbons (Fsp3) is 0.727. The normalized spacial score (nSPS) is 12.2. The molecule has 1 unspecified atom stereocenters. The summed E-state index contributed by atoms with van der Waals surface area (Å²) in [6.07, 6.45) is 3.01. The Bertz CT molecular complexity index is 204. The largest absolute Gasteiger partial charge is 0.432 e. The van der Waals surface area contributed by atoms with Crippen LogP contribution in [0.4, 0.5) is 0 Å². The summed E-state index contributed by atoms with van der Waals surface area (Å²) in [7, 11) is 0. The van der Waals surface area contributed by atoms with Gasteiger partial charge in [0.1, 0.15) is 0 Å². The molecule has 0 aromatic heterocycles. The van der Waals surface area contributed by atoms with Gasteiger partial charge in [0, 0.05) is 11.3 Å². The molecule has 0 aromatic carbocycles. The van der Waals surface area contributed by atoms with Gasteiger partial charge in [-0.1, -0.05) is 26.3 Å². The third-order valence-corrected chi connectivity index (χ3v) is 2.52. The van der Waals surface area contributed by atoms with E-state index in [1.807, 2.05) is 0 Å². The Balaban J connectivity index is 3.45. The standard InChI is InChI=1S/C11H20O3S/c1-5-6-7-8-15-14-10(4)13-11(12)9(2)3/h10H,2,5-8H2,1,3-4H3. The number of rotatable bonds is 8. The van der Waals surface area contributed by atoms with Gasteiger partial charge in [-0.25, -0.2) is 4.79 Å². The molecule has 3 nitrogen and oxygen atoms in total. The van der Waals surface area contributed by atoms with E-state index in [1.54, 1.807) is 13.8 Å². The molecule has 0 aliphatic rings. The lowest BCUT2D eigenvalue weighted by Crippen LogP contribution is -2.16. The Hall–Kier alpha value is -0.480. The molecular weight excluding hydrogens is 212 g/mol. The molecule has 0 fully saturated rings. The van der Waals surface area contributed by atoms with E-state index >= 15 is 0 Å². The van der Waals surface area contributed by atoms with E-state index < -0.39 is 12.3 Å². The van der Waals surface area contributed by atoms with Crippen LogP contribution in [0.2, 0.25) is 0 Å². The number of carbonyl (C=O) groups is 1. The van der Waals surface area contributed by atoms with Crippen LogP contribution >= 0.6 is 12.0 Å². The summed E-state index contributed by atoms with van der Waals surface area (Å²) in [4.78, 5) is 11.1. The van der Waals surface area contributed by atoms with Crippen LogP contribution in [0.3, 0.4) is 0 Å². The SMILES string of the molecule is C=C(C)C(=O)OC(C)OSCCCCC. The smallest absolute Gasteiger partial charge is 0.335 e. The first-order valence-corrected chi connectivity index (χ1v) is 6.13. The Labute approximate surface area is 96.4 Å². The van der Waals surface area contributed by atoms with Gasteiger partial charge in [0.15, 0.2) is 0 Å². The van der Waals surface area contributed by atoms with Crippen molar-refractivity contribution in [1.82, 2.24) is 0 Å². The predicted octanol–water partition coefficient (Wildman–Crippen LogP) is 3.31. The summed E-state index contributed by atoms with van der Waals surface area (Å²) in [5.41, 5.74) is 0.390. The highest BCUT2D eigenvalue weighted by molar-refractivity contribution is 7.94. The van der Waals surface area contributed by atoms with E-state index in [0.29, 0.717) is 5.57 Å². The maximum absolute atomic E-state index is 11.1. The van der Waals surface area contributed by atoms with Crippen LogP contribution in [0, 0.1) is 0 Å². The predicted molar refractivity (Wildman–Crippen MR) is 63.4 cm³/mol. The highest BCUT2D eigenvalue weighted by Crippen LogP contribution is 2.12. The van der Waals surface area contributed by atoms with E-state index in [1.165, 1.54) is 24.9 Å². The lowest BCUT2D eigenvalue weighted by molar-refractivity contribution is -0.154. The summed E-state index contributed by atoms with van der Waals surface area (Å²) < 4.78 is 10.2. The summed E-state index contributed by atoms with van der Waals surface area (Å²) in [6.45, 7) is 8.96. The van der Waals surface area contributed by atoms with E-state index in [0.717, 1.165) is 12.2 Å². The van der Waals surface area contributed by atoms with E-state index in [2.05, 4.69) is 13.5 Å². The van der Waals surface area contributed by atoms with Crippen molar-refractivity contribution in [2.75, 3.05) is 5.75 Å². The molecule has 15 heavy (non-hydrogen) atoms. The van der Waals surface area contributed by atoms with Crippen LogP contribution in [0.1, 0.15) is 40.0 Å². The van der Waals surface area contributed by atoms with Gasteiger partial charge < -0.3 is 4.74 Å². The highest BCUT2D eigenvalue weighted by Gasteiger charge is 2.10. The van der Waals surface area contributed by atoms with E-state index in [4.69, 9.17) is 8.92 Å². The molecule has 0 aliphatic carbocycles. The van der Waals surface area contributed by atoms with Gasteiger partial charge in [-0.3, -0.25) is 4.18 Å². The minimum Gasteiger partial charge on any atom is -0.432 e. The quantitative estimate of drug-likeness (QED) is 0.211. The minimum atomic E-state index is -0.513. The minimum absolute atomic E-state index is 0.390. The topological polar surface area (TPSA) is 35.5 Å². The monoisotopic (exact) mass is 232 g/mol. The van der Waals surface area contributed by atoms with Gasteiger partial charge in [-0.2, -0.15) is 0 Å². The van der Waals surface area contributed by atoms with E-state index in [9.17, 15) is 4.79 Å². The summed E-state index contributed by atoms with van der Waals surface area (Å²) in [5.74, 6) is 0.527. The van der Waals surface area contributed by atoms with Crippen molar-refractivity contribution < 1.29 is 13.7 Å². The molecule has 0 spiro atoms. The lowest BCUT2D eigenvalue weighted by atomic mass is 10.3. The van der Waals surface area contributed by atoms with Crippen molar-refractivity contribution in [1.29, 1.82) is 0 Å². The summed E-state index contributed by atoms with van der Waals surface area (Å²) in [6, 6.07) is 0. The van der Waals surface area contributed by atoms with Crippen LogP contribution in [0.25, 0.3) is 0 Å². The zero-order valence-corrected chi connectivity index (χ0v) is 10.6. The van der Waals surface area contributed by atoms with Crippen LogP contribution < -0.4 is 0 Å². The summed E-state index contributed by atoms with van der Waals surface area (Å²) >= 11 is 1.35. The molecule has 88 valence electrons. The van der Waals surface area contributed by atoms with Crippen molar-refractivity contribution in [3.8, 4) is 0 Å². The first kappa shape index (κ1) is 14.5. The van der Waals surface area contributed by atoms with Crippen LogP contribution in [-0.4, -0.2) is 18.0 Å². The van der Waals surface area contributed by atoms with Gasteiger partial charge >= 0.3 is 5.97 Å². The number of hydrogen-bond acceptors (Lipinski definition) is 4. The molecular formula is C11H20O3S. The maximum Gasteiger partial charge on any atom is 0.335 e. The van der Waals surface area contributed by atoms with Gasteiger partial charge in [0.2, 0.25) is 6.29 Å². The Morgan fingerprint density at radius 1 is 1.47 bits per heavy atom. The fourth-order valence-electron chi connectivity index (χ4n) is 0.826. The fourth-order valence-corrected chi connectivity index (χ4v) is 1.48. The number of ether oxygens (including phenoxy) is 1. The number of unbranched alkanes of at least 4 members (excludes halogenated alkanes) is 2. The lowest BCUT2D eigenvalue weighted by Gasteiger charge is -2.12. The Morgan fingerprint density at radius 2 is 2.13 bits per heavy atom. The van der Waals surface area contributed by atoms with Crippen LogP contribution in [-0.2, 0) is 13.7 Å². The first-order chi connectivity index (χ1) is 7.07.